The maximum absolute atomic E-state index is 13.5. The average Bonchev–Trinajstić information content (AvgIpc) is 3.19. The maximum atomic E-state index is 13.5. The number of amides is 3. The molecule has 3 amide bonds. The van der Waals surface area contributed by atoms with E-state index in [0.717, 1.165) is 12.5 Å². The van der Waals surface area contributed by atoms with Crippen molar-refractivity contribution < 1.29 is 18.8 Å². The Labute approximate surface area is 133 Å². The van der Waals surface area contributed by atoms with Gasteiger partial charge in [-0.3, -0.25) is 14.4 Å². The Kier molecular flexibility index (Phi) is 5.31. The number of anilines is 2. The minimum absolute atomic E-state index is 0.00586. The Morgan fingerprint density at radius 2 is 1.96 bits per heavy atom. The van der Waals surface area contributed by atoms with Crippen LogP contribution in [0, 0.1) is 17.7 Å². The molecule has 0 aliphatic heterocycles. The zero-order valence-electron chi connectivity index (χ0n) is 13.1. The van der Waals surface area contributed by atoms with Crippen LogP contribution in [-0.4, -0.2) is 24.3 Å². The molecule has 2 rings (SSSR count). The summed E-state index contributed by atoms with van der Waals surface area (Å²) in [5.41, 5.74) is 0.383. The first-order valence-electron chi connectivity index (χ1n) is 7.51. The van der Waals surface area contributed by atoms with Crippen LogP contribution in [-0.2, 0) is 14.4 Å². The normalized spacial score (nSPS) is 18.9. The van der Waals surface area contributed by atoms with Crippen LogP contribution in [0.2, 0.25) is 0 Å². The second kappa shape index (κ2) is 7.21. The van der Waals surface area contributed by atoms with Crippen LogP contribution < -0.4 is 16.0 Å². The van der Waals surface area contributed by atoms with Crippen LogP contribution in [0.1, 0.15) is 26.7 Å². The van der Waals surface area contributed by atoms with Gasteiger partial charge in [0, 0.05) is 31.5 Å². The summed E-state index contributed by atoms with van der Waals surface area (Å²) in [5, 5.41) is 7.67. The molecule has 0 spiro atoms. The molecule has 1 aliphatic rings. The minimum Gasteiger partial charge on any atom is -0.355 e. The highest BCUT2D eigenvalue weighted by molar-refractivity contribution is 5.93. The van der Waals surface area contributed by atoms with Gasteiger partial charge >= 0.3 is 0 Å². The summed E-state index contributed by atoms with van der Waals surface area (Å²) in [5.74, 6) is -0.784. The highest BCUT2D eigenvalue weighted by atomic mass is 19.1. The highest BCUT2D eigenvalue weighted by Gasteiger charge is 2.38. The van der Waals surface area contributed by atoms with Crippen molar-refractivity contribution in [2.24, 2.45) is 11.8 Å². The molecule has 1 fully saturated rings. The van der Waals surface area contributed by atoms with Gasteiger partial charge in [0.25, 0.3) is 0 Å². The first kappa shape index (κ1) is 16.9. The van der Waals surface area contributed by atoms with Crippen molar-refractivity contribution in [1.82, 2.24) is 5.32 Å². The fourth-order valence-electron chi connectivity index (χ4n) is 2.23. The molecule has 0 radical (unpaired) electrons. The molecule has 1 aliphatic carbocycles. The molecular weight excluding hydrogens is 301 g/mol. The quantitative estimate of drug-likeness (QED) is 0.747. The molecule has 0 bridgehead atoms. The predicted molar refractivity (Wildman–Crippen MR) is 84.2 cm³/mol. The smallest absolute Gasteiger partial charge is 0.226 e. The van der Waals surface area contributed by atoms with E-state index in [4.69, 9.17) is 0 Å². The topological polar surface area (TPSA) is 87.3 Å². The summed E-state index contributed by atoms with van der Waals surface area (Å²) in [4.78, 5) is 34.4. The van der Waals surface area contributed by atoms with Crippen molar-refractivity contribution in [3.8, 4) is 0 Å². The monoisotopic (exact) mass is 321 g/mol. The molecule has 23 heavy (non-hydrogen) atoms. The lowest BCUT2D eigenvalue weighted by Crippen LogP contribution is -2.29. The molecule has 124 valence electrons. The van der Waals surface area contributed by atoms with Gasteiger partial charge in [-0.2, -0.15) is 0 Å². The highest BCUT2D eigenvalue weighted by Crippen LogP contribution is 2.37. The van der Waals surface area contributed by atoms with Gasteiger partial charge in [0.2, 0.25) is 17.7 Å². The molecule has 1 saturated carbocycles. The van der Waals surface area contributed by atoms with Crippen molar-refractivity contribution in [2.45, 2.75) is 26.7 Å². The van der Waals surface area contributed by atoms with Crippen LogP contribution in [0.5, 0.6) is 0 Å². The van der Waals surface area contributed by atoms with Gasteiger partial charge in [-0.05, 0) is 30.5 Å². The third-order valence-electron chi connectivity index (χ3n) is 3.66. The number of carbonyl (C=O) groups is 3. The Bertz CT molecular complexity index is 633. The summed E-state index contributed by atoms with van der Waals surface area (Å²) in [6.07, 6.45) is 1.03. The standard InChI is InChI=1S/C16H20FN3O3/c1-9-7-12(9)16(23)18-6-5-15(22)20-11-3-4-13(17)14(8-11)19-10(2)21/h3-4,8-9,12H,5-7H2,1-2H3,(H,18,23)(H,19,21)(H,20,22). The lowest BCUT2D eigenvalue weighted by atomic mass is 10.2. The fraction of sp³-hybridized carbons (Fsp3) is 0.438. The van der Waals surface area contributed by atoms with E-state index in [-0.39, 0.29) is 36.4 Å². The number of halogens is 1. The van der Waals surface area contributed by atoms with E-state index in [1.54, 1.807) is 0 Å². The molecule has 3 N–H and O–H groups in total. The summed E-state index contributed by atoms with van der Waals surface area (Å²) >= 11 is 0. The third kappa shape index (κ3) is 5.05. The van der Waals surface area contributed by atoms with E-state index in [2.05, 4.69) is 16.0 Å². The minimum atomic E-state index is -0.580. The molecule has 0 saturated heterocycles. The summed E-state index contributed by atoms with van der Waals surface area (Å²) in [6, 6.07) is 3.92. The third-order valence-corrected chi connectivity index (χ3v) is 3.66. The van der Waals surface area contributed by atoms with Gasteiger partial charge in [0.1, 0.15) is 5.82 Å². The molecule has 0 heterocycles. The van der Waals surface area contributed by atoms with Crippen molar-refractivity contribution in [1.29, 1.82) is 0 Å². The van der Waals surface area contributed by atoms with E-state index in [0.29, 0.717) is 11.6 Å². The van der Waals surface area contributed by atoms with Crippen molar-refractivity contribution in [3.05, 3.63) is 24.0 Å². The van der Waals surface area contributed by atoms with Crippen molar-refractivity contribution >= 4 is 29.1 Å². The average molecular weight is 321 g/mol. The molecule has 6 nitrogen and oxygen atoms in total. The number of nitrogens with one attached hydrogen (secondary N) is 3. The Morgan fingerprint density at radius 1 is 1.26 bits per heavy atom. The van der Waals surface area contributed by atoms with Gasteiger partial charge in [0.15, 0.2) is 0 Å². The number of carbonyl (C=O) groups excluding carboxylic acids is 3. The van der Waals surface area contributed by atoms with Crippen molar-refractivity contribution in [3.63, 3.8) is 0 Å². The zero-order valence-corrected chi connectivity index (χ0v) is 13.1. The van der Waals surface area contributed by atoms with Crippen LogP contribution in [0.25, 0.3) is 0 Å². The van der Waals surface area contributed by atoms with Gasteiger partial charge in [0.05, 0.1) is 5.69 Å². The molecule has 0 aromatic heterocycles. The van der Waals surface area contributed by atoms with Crippen LogP contribution in [0.15, 0.2) is 18.2 Å². The number of hydrogen-bond acceptors (Lipinski definition) is 3. The first-order chi connectivity index (χ1) is 10.9. The second-order valence-corrected chi connectivity index (χ2v) is 5.78. The van der Waals surface area contributed by atoms with E-state index in [1.807, 2.05) is 6.92 Å². The van der Waals surface area contributed by atoms with E-state index in [9.17, 15) is 18.8 Å². The summed E-state index contributed by atoms with van der Waals surface area (Å²) in [7, 11) is 0. The largest absolute Gasteiger partial charge is 0.355 e. The number of benzene rings is 1. The molecule has 7 heteroatoms. The molecule has 1 aromatic carbocycles. The van der Waals surface area contributed by atoms with Gasteiger partial charge in [-0.1, -0.05) is 6.92 Å². The maximum Gasteiger partial charge on any atom is 0.226 e. The van der Waals surface area contributed by atoms with E-state index < -0.39 is 11.7 Å². The summed E-state index contributed by atoms with van der Waals surface area (Å²) < 4.78 is 13.5. The Hall–Kier alpha value is -2.44. The predicted octanol–water partition coefficient (Wildman–Crippen LogP) is 1.88. The Morgan fingerprint density at radius 3 is 2.57 bits per heavy atom. The molecule has 2 unspecified atom stereocenters. The van der Waals surface area contributed by atoms with Crippen molar-refractivity contribution in [2.75, 3.05) is 17.2 Å². The van der Waals surface area contributed by atoms with Gasteiger partial charge in [-0.15, -0.1) is 0 Å². The van der Waals surface area contributed by atoms with E-state index in [1.165, 1.54) is 19.1 Å². The Balaban J connectivity index is 1.80. The zero-order chi connectivity index (χ0) is 17.0. The van der Waals surface area contributed by atoms with Crippen LogP contribution in [0.3, 0.4) is 0 Å². The van der Waals surface area contributed by atoms with E-state index >= 15 is 0 Å². The van der Waals surface area contributed by atoms with Gasteiger partial charge in [-0.25, -0.2) is 4.39 Å². The second-order valence-electron chi connectivity index (χ2n) is 5.78. The summed E-state index contributed by atoms with van der Waals surface area (Å²) in [6.45, 7) is 3.54. The lowest BCUT2D eigenvalue weighted by molar-refractivity contribution is -0.122. The van der Waals surface area contributed by atoms with Crippen LogP contribution in [0.4, 0.5) is 15.8 Å². The SMILES string of the molecule is CC(=O)Nc1cc(NC(=O)CCNC(=O)C2CC2C)ccc1F. The molecule has 1 aromatic rings. The van der Waals surface area contributed by atoms with Gasteiger partial charge < -0.3 is 16.0 Å². The molecular formula is C16H20FN3O3. The molecule has 2 atom stereocenters. The number of hydrogen-bond donors (Lipinski definition) is 3. The fourth-order valence-corrected chi connectivity index (χ4v) is 2.23. The lowest BCUT2D eigenvalue weighted by Gasteiger charge is -2.09. The first-order valence-corrected chi connectivity index (χ1v) is 7.51. The van der Waals surface area contributed by atoms with Crippen LogP contribution >= 0.6 is 0 Å². The number of rotatable bonds is 6.